The van der Waals surface area contributed by atoms with Gasteiger partial charge in [-0.1, -0.05) is 29.8 Å². The van der Waals surface area contributed by atoms with E-state index in [1.807, 2.05) is 0 Å². The van der Waals surface area contributed by atoms with E-state index in [0.717, 1.165) is 0 Å². The van der Waals surface area contributed by atoms with Crippen molar-refractivity contribution in [1.82, 2.24) is 0 Å². The fourth-order valence-electron chi connectivity index (χ4n) is 3.11. The highest BCUT2D eigenvalue weighted by Gasteiger charge is 2.26. The van der Waals surface area contributed by atoms with E-state index in [-0.39, 0.29) is 29.4 Å². The van der Waals surface area contributed by atoms with Crippen molar-refractivity contribution in [1.29, 1.82) is 0 Å². The molecule has 0 radical (unpaired) electrons. The molecule has 1 aromatic heterocycles. The largest absolute Gasteiger partial charge is 0.507 e. The number of carbonyl (C=O) groups is 1. The highest BCUT2D eigenvalue weighted by atomic mass is 35.5. The van der Waals surface area contributed by atoms with Crippen LogP contribution in [0.4, 0.5) is 5.69 Å². The standard InChI is InChI=1S/C22H20ClNO5/c1-13-10-19(25)21(22(27)29-13)18(14-6-8-17(28-2)9-7-14)12-20(26)24-16-5-3-4-15(23)11-16/h3-11,18,25H,12H2,1-2H3,(H,24,26)/t18-/m1/s1. The Bertz CT molecular complexity index is 1080. The van der Waals surface area contributed by atoms with Gasteiger partial charge in [-0.05, 0) is 42.8 Å². The summed E-state index contributed by atoms with van der Waals surface area (Å²) in [6.45, 7) is 1.57. The third-order valence-corrected chi connectivity index (χ3v) is 4.69. The lowest BCUT2D eigenvalue weighted by atomic mass is 9.88. The van der Waals surface area contributed by atoms with Gasteiger partial charge in [0.05, 0.1) is 12.7 Å². The molecule has 0 fully saturated rings. The van der Waals surface area contributed by atoms with Crippen molar-refractivity contribution in [3.63, 3.8) is 0 Å². The maximum atomic E-state index is 12.7. The van der Waals surface area contributed by atoms with Crippen LogP contribution in [0, 0.1) is 6.92 Å². The molecule has 29 heavy (non-hydrogen) atoms. The van der Waals surface area contributed by atoms with E-state index in [2.05, 4.69) is 5.32 Å². The molecule has 0 saturated carbocycles. The number of rotatable bonds is 6. The zero-order chi connectivity index (χ0) is 21.0. The molecule has 1 amide bonds. The van der Waals surface area contributed by atoms with Gasteiger partial charge in [-0.15, -0.1) is 0 Å². The first-order chi connectivity index (χ1) is 13.9. The number of hydrogen-bond donors (Lipinski definition) is 2. The van der Waals surface area contributed by atoms with Gasteiger partial charge in [-0.25, -0.2) is 4.79 Å². The summed E-state index contributed by atoms with van der Waals surface area (Å²) in [6.07, 6.45) is -0.0831. The third kappa shape index (κ3) is 4.97. The molecule has 0 aliphatic carbocycles. The number of anilines is 1. The minimum absolute atomic E-state index is 0.0296. The zero-order valence-electron chi connectivity index (χ0n) is 15.9. The summed E-state index contributed by atoms with van der Waals surface area (Å²) in [5, 5.41) is 13.7. The molecule has 3 aromatic rings. The average molecular weight is 414 g/mol. The predicted molar refractivity (Wildman–Crippen MR) is 111 cm³/mol. The molecule has 0 unspecified atom stereocenters. The number of benzene rings is 2. The zero-order valence-corrected chi connectivity index (χ0v) is 16.7. The quantitative estimate of drug-likeness (QED) is 0.622. The molecule has 1 heterocycles. The van der Waals surface area contributed by atoms with E-state index < -0.39 is 11.5 Å². The SMILES string of the molecule is COc1ccc([C@@H](CC(=O)Nc2cccc(Cl)c2)c2c(O)cc(C)oc2=O)cc1. The van der Waals surface area contributed by atoms with Crippen LogP contribution in [0.3, 0.4) is 0 Å². The van der Waals surface area contributed by atoms with E-state index in [4.69, 9.17) is 20.8 Å². The van der Waals surface area contributed by atoms with Crippen molar-refractivity contribution in [2.24, 2.45) is 0 Å². The van der Waals surface area contributed by atoms with Gasteiger partial charge >= 0.3 is 5.63 Å². The van der Waals surface area contributed by atoms with Crippen LogP contribution in [-0.4, -0.2) is 18.1 Å². The number of nitrogens with one attached hydrogen (secondary N) is 1. The van der Waals surface area contributed by atoms with Crippen molar-refractivity contribution in [3.8, 4) is 11.5 Å². The Morgan fingerprint density at radius 2 is 1.93 bits per heavy atom. The lowest BCUT2D eigenvalue weighted by molar-refractivity contribution is -0.116. The Balaban J connectivity index is 1.96. The minimum atomic E-state index is -0.711. The van der Waals surface area contributed by atoms with Crippen LogP contribution in [0.15, 0.2) is 63.8 Å². The van der Waals surface area contributed by atoms with Crippen LogP contribution >= 0.6 is 11.6 Å². The molecular weight excluding hydrogens is 394 g/mol. The summed E-state index contributed by atoms with van der Waals surface area (Å²) in [7, 11) is 1.55. The van der Waals surface area contributed by atoms with Crippen LogP contribution in [0.5, 0.6) is 11.5 Å². The summed E-state index contributed by atoms with van der Waals surface area (Å²) >= 11 is 5.96. The van der Waals surface area contributed by atoms with Crippen LogP contribution in [0.2, 0.25) is 5.02 Å². The van der Waals surface area contributed by atoms with E-state index in [1.165, 1.54) is 6.07 Å². The molecule has 2 N–H and O–H groups in total. The summed E-state index contributed by atoms with van der Waals surface area (Å²) in [5.74, 6) is -0.344. The summed E-state index contributed by atoms with van der Waals surface area (Å²) in [5.41, 5.74) is 0.551. The van der Waals surface area contributed by atoms with Crippen molar-refractivity contribution in [2.75, 3.05) is 12.4 Å². The number of amides is 1. The molecule has 0 aliphatic heterocycles. The van der Waals surface area contributed by atoms with Gasteiger partial charge < -0.3 is 19.6 Å². The highest BCUT2D eigenvalue weighted by molar-refractivity contribution is 6.30. The van der Waals surface area contributed by atoms with Crippen LogP contribution in [0.25, 0.3) is 0 Å². The second kappa shape index (κ2) is 8.84. The topological polar surface area (TPSA) is 88.8 Å². The molecule has 150 valence electrons. The van der Waals surface area contributed by atoms with Gasteiger partial charge in [-0.2, -0.15) is 0 Å². The molecule has 7 heteroatoms. The number of halogens is 1. The molecule has 0 aliphatic rings. The Morgan fingerprint density at radius 3 is 2.55 bits per heavy atom. The monoisotopic (exact) mass is 413 g/mol. The number of aromatic hydroxyl groups is 1. The first-order valence-corrected chi connectivity index (χ1v) is 9.28. The molecule has 0 saturated heterocycles. The van der Waals surface area contributed by atoms with E-state index in [0.29, 0.717) is 22.0 Å². The number of carbonyl (C=O) groups excluding carboxylic acids is 1. The fourth-order valence-corrected chi connectivity index (χ4v) is 3.30. The highest BCUT2D eigenvalue weighted by Crippen LogP contribution is 2.33. The number of ether oxygens (including phenoxy) is 1. The maximum absolute atomic E-state index is 12.7. The van der Waals surface area contributed by atoms with E-state index >= 15 is 0 Å². The molecule has 3 rings (SSSR count). The van der Waals surface area contributed by atoms with Crippen molar-refractivity contribution in [2.45, 2.75) is 19.3 Å². The molecule has 2 aromatic carbocycles. The van der Waals surface area contributed by atoms with Crippen LogP contribution in [0.1, 0.15) is 29.2 Å². The Morgan fingerprint density at radius 1 is 1.21 bits per heavy atom. The second-order valence-corrected chi connectivity index (χ2v) is 6.97. The molecule has 6 nitrogen and oxygen atoms in total. The predicted octanol–water partition coefficient (Wildman–Crippen LogP) is 4.48. The Hall–Kier alpha value is -3.25. The molecule has 0 bridgehead atoms. The maximum Gasteiger partial charge on any atom is 0.343 e. The van der Waals surface area contributed by atoms with Gasteiger partial charge in [0.15, 0.2) is 0 Å². The van der Waals surface area contributed by atoms with E-state index in [1.54, 1.807) is 62.6 Å². The van der Waals surface area contributed by atoms with E-state index in [9.17, 15) is 14.7 Å². The first kappa shape index (κ1) is 20.5. The van der Waals surface area contributed by atoms with Gasteiger partial charge in [0, 0.05) is 29.1 Å². The number of aryl methyl sites for hydroxylation is 1. The average Bonchev–Trinajstić information content (AvgIpc) is 2.66. The fraction of sp³-hybridized carbons (Fsp3) is 0.182. The van der Waals surface area contributed by atoms with Crippen molar-refractivity contribution < 1.29 is 19.1 Å². The lowest BCUT2D eigenvalue weighted by Gasteiger charge is -2.18. The summed E-state index contributed by atoms with van der Waals surface area (Å²) in [4.78, 5) is 25.2. The lowest BCUT2D eigenvalue weighted by Crippen LogP contribution is -2.21. The van der Waals surface area contributed by atoms with Crippen molar-refractivity contribution in [3.05, 3.63) is 86.9 Å². The van der Waals surface area contributed by atoms with Crippen LogP contribution in [-0.2, 0) is 4.79 Å². The number of hydrogen-bond acceptors (Lipinski definition) is 5. The second-order valence-electron chi connectivity index (χ2n) is 6.53. The Kier molecular flexibility index (Phi) is 6.24. The molecule has 0 spiro atoms. The Labute approximate surface area is 172 Å². The number of methoxy groups -OCH3 is 1. The smallest absolute Gasteiger partial charge is 0.343 e. The van der Waals surface area contributed by atoms with Gasteiger partial charge in [-0.3, -0.25) is 4.79 Å². The first-order valence-electron chi connectivity index (χ1n) is 8.90. The molecule has 1 atom stereocenters. The molecular formula is C22H20ClNO5. The van der Waals surface area contributed by atoms with Gasteiger partial charge in [0.2, 0.25) is 5.91 Å². The van der Waals surface area contributed by atoms with Gasteiger partial charge in [0.25, 0.3) is 0 Å². The minimum Gasteiger partial charge on any atom is -0.507 e. The summed E-state index contributed by atoms with van der Waals surface area (Å²) in [6, 6.07) is 15.1. The van der Waals surface area contributed by atoms with Gasteiger partial charge in [0.1, 0.15) is 17.3 Å². The summed E-state index contributed by atoms with van der Waals surface area (Å²) < 4.78 is 10.3. The normalized spacial score (nSPS) is 11.7. The van der Waals surface area contributed by atoms with Crippen molar-refractivity contribution >= 4 is 23.2 Å². The van der Waals surface area contributed by atoms with Crippen LogP contribution < -0.4 is 15.7 Å². The third-order valence-electron chi connectivity index (χ3n) is 4.45.